The van der Waals surface area contributed by atoms with E-state index in [2.05, 4.69) is 158 Å². The molecule has 0 atom stereocenters. The summed E-state index contributed by atoms with van der Waals surface area (Å²) in [5.74, 6) is 0. The number of pyridine rings is 2. The largest absolute Gasteiger partial charge is 0.515 e. The SMILES string of the molecule is Brc1nc2ccccc2c2ccc3ccccc3c12.CC1(C)OB(B2OC(C)(C)C(C)(C)O2)OC1(C)C.CC1(C)OB(c2nc3ccccc3c3ccc4ccccc4c23)OC1(C)C. The highest BCUT2D eigenvalue weighted by Gasteiger charge is 2.63. The minimum atomic E-state index is -0.493. The Labute approximate surface area is 386 Å². The summed E-state index contributed by atoms with van der Waals surface area (Å²) >= 11 is 3.63. The first-order chi connectivity index (χ1) is 30.1. The van der Waals surface area contributed by atoms with Gasteiger partial charge in [0.15, 0.2) is 0 Å². The van der Waals surface area contributed by atoms with Gasteiger partial charge < -0.3 is 27.9 Å². The molecule has 5 heterocycles. The maximum absolute atomic E-state index is 6.37. The molecule has 326 valence electrons. The highest BCUT2D eigenvalue weighted by molar-refractivity contribution is 9.10. The minimum Gasteiger partial charge on any atom is -0.405 e. The van der Waals surface area contributed by atoms with E-state index in [0.29, 0.717) is 0 Å². The van der Waals surface area contributed by atoms with Gasteiger partial charge in [0.05, 0.1) is 50.2 Å². The van der Waals surface area contributed by atoms with Crippen LogP contribution in [0.5, 0.6) is 0 Å². The van der Waals surface area contributed by atoms with Crippen molar-refractivity contribution in [1.82, 2.24) is 9.97 Å². The molecular formula is C52H56B3BrN2O6. The minimum absolute atomic E-state index is 0.360. The zero-order chi connectivity index (χ0) is 45.6. The average Bonchev–Trinajstić information content (AvgIpc) is 3.72. The van der Waals surface area contributed by atoms with Gasteiger partial charge in [0.2, 0.25) is 0 Å². The van der Waals surface area contributed by atoms with Crippen molar-refractivity contribution < 1.29 is 27.9 Å². The molecule has 0 radical (unpaired) electrons. The van der Waals surface area contributed by atoms with Crippen LogP contribution >= 0.6 is 15.9 Å². The van der Waals surface area contributed by atoms with E-state index in [1.807, 2.05) is 67.5 Å². The van der Waals surface area contributed by atoms with Crippen molar-refractivity contribution >= 4 is 108 Å². The second-order valence-corrected chi connectivity index (χ2v) is 20.9. The molecule has 64 heavy (non-hydrogen) atoms. The number of para-hydroxylation sites is 2. The molecule has 0 saturated carbocycles. The molecule has 0 spiro atoms. The molecule has 8 aromatic rings. The van der Waals surface area contributed by atoms with Crippen molar-refractivity contribution in [3.05, 3.63) is 126 Å². The Morgan fingerprint density at radius 3 is 1.16 bits per heavy atom. The molecule has 6 aromatic carbocycles. The van der Waals surface area contributed by atoms with Crippen LogP contribution in [0.2, 0.25) is 0 Å². The third kappa shape index (κ3) is 7.72. The Balaban J connectivity index is 0.000000125. The number of aromatic nitrogens is 2. The van der Waals surface area contributed by atoms with Gasteiger partial charge in [0.25, 0.3) is 0 Å². The maximum Gasteiger partial charge on any atom is 0.515 e. The van der Waals surface area contributed by atoms with Gasteiger partial charge in [0.1, 0.15) is 4.60 Å². The summed E-state index contributed by atoms with van der Waals surface area (Å²) in [4.78, 5) is 9.69. The zero-order valence-corrected chi connectivity index (χ0v) is 40.6. The van der Waals surface area contributed by atoms with Gasteiger partial charge in [-0.15, -0.1) is 0 Å². The topological polar surface area (TPSA) is 81.2 Å². The summed E-state index contributed by atoms with van der Waals surface area (Å²) in [6.07, 6.45) is 0. The molecule has 8 nitrogen and oxygen atoms in total. The molecule has 3 fully saturated rings. The van der Waals surface area contributed by atoms with Crippen LogP contribution in [0.4, 0.5) is 0 Å². The fourth-order valence-corrected chi connectivity index (χ4v) is 9.18. The molecule has 11 rings (SSSR count). The fraction of sp³-hybridized carbons (Fsp3) is 0.346. The Kier molecular flexibility index (Phi) is 11.1. The molecule has 12 heteroatoms. The molecule has 2 aromatic heterocycles. The first-order valence-electron chi connectivity index (χ1n) is 22.2. The summed E-state index contributed by atoms with van der Waals surface area (Å²) in [6.45, 7) is 24.5. The average molecular weight is 917 g/mol. The Morgan fingerprint density at radius 1 is 0.359 bits per heavy atom. The number of hydrogen-bond acceptors (Lipinski definition) is 8. The fourth-order valence-electron chi connectivity index (χ4n) is 8.56. The molecule has 3 aliphatic rings. The normalized spacial score (nSPS) is 20.2. The Bertz CT molecular complexity index is 3020. The first-order valence-corrected chi connectivity index (χ1v) is 23.0. The first kappa shape index (κ1) is 44.8. The summed E-state index contributed by atoms with van der Waals surface area (Å²) < 4.78 is 37.5. The van der Waals surface area contributed by atoms with Gasteiger partial charge in [-0.2, -0.15) is 0 Å². The van der Waals surface area contributed by atoms with E-state index in [0.717, 1.165) is 32.0 Å². The summed E-state index contributed by atoms with van der Waals surface area (Å²) in [5, 5.41) is 11.9. The van der Waals surface area contributed by atoms with Gasteiger partial charge in [-0.05, 0) is 143 Å². The van der Waals surface area contributed by atoms with Crippen LogP contribution in [0, 0.1) is 0 Å². The zero-order valence-electron chi connectivity index (χ0n) is 39.0. The van der Waals surface area contributed by atoms with Crippen LogP contribution in [0.1, 0.15) is 83.1 Å². The lowest BCUT2D eigenvalue weighted by Crippen LogP contribution is -2.41. The van der Waals surface area contributed by atoms with E-state index in [-0.39, 0.29) is 22.4 Å². The molecule has 0 N–H and O–H groups in total. The molecular weight excluding hydrogens is 861 g/mol. The number of nitrogens with zero attached hydrogens (tertiary/aromatic N) is 2. The van der Waals surface area contributed by atoms with E-state index in [4.69, 9.17) is 32.9 Å². The summed E-state index contributed by atoms with van der Waals surface area (Å²) in [7, 11) is -1.44. The van der Waals surface area contributed by atoms with Crippen LogP contribution in [0.15, 0.2) is 126 Å². The van der Waals surface area contributed by atoms with E-state index in [1.54, 1.807) is 0 Å². The molecule has 0 unspecified atom stereocenters. The third-order valence-corrected chi connectivity index (χ3v) is 15.0. The maximum atomic E-state index is 6.37. The van der Waals surface area contributed by atoms with Crippen LogP contribution in [0.3, 0.4) is 0 Å². The second kappa shape index (κ2) is 15.9. The van der Waals surface area contributed by atoms with Crippen molar-refractivity contribution in [2.45, 2.75) is 117 Å². The Hall–Kier alpha value is -4.39. The molecule has 3 saturated heterocycles. The number of benzene rings is 6. The van der Waals surface area contributed by atoms with Crippen LogP contribution < -0.4 is 5.59 Å². The quantitative estimate of drug-likeness (QED) is 0.0964. The van der Waals surface area contributed by atoms with E-state index in [1.165, 1.54) is 43.1 Å². The van der Waals surface area contributed by atoms with Gasteiger partial charge in [-0.3, -0.25) is 4.98 Å². The highest BCUT2D eigenvalue weighted by Crippen LogP contribution is 2.43. The van der Waals surface area contributed by atoms with Gasteiger partial charge in [0, 0.05) is 21.5 Å². The van der Waals surface area contributed by atoms with Crippen LogP contribution in [-0.4, -0.2) is 64.7 Å². The third-order valence-electron chi connectivity index (χ3n) is 14.4. The van der Waals surface area contributed by atoms with Crippen molar-refractivity contribution in [3.63, 3.8) is 0 Å². The van der Waals surface area contributed by atoms with Crippen molar-refractivity contribution in [1.29, 1.82) is 0 Å². The van der Waals surface area contributed by atoms with E-state index >= 15 is 0 Å². The standard InChI is InChI=1S/C23H22BNO2.C17H10BrN.C12H24B2O4/c1-22(2)23(3,4)27-24(26-22)21-20-16-10-6-5-9-15(16)13-14-18(20)17-11-7-8-12-19(17)25-21;18-17-16-12-6-2-1-5-11(12)9-10-14(16)13-7-3-4-8-15(13)19-17;1-9(2)10(3,4)16-13(15-9)14-17-11(5,6)12(7,8)18-14/h5-14H,1-4H3;1-10H;1-8H3. The molecule has 3 aliphatic heterocycles. The van der Waals surface area contributed by atoms with Gasteiger partial charge in [-0.25, -0.2) is 4.98 Å². The lowest BCUT2D eigenvalue weighted by molar-refractivity contribution is 0.00578. The summed E-state index contributed by atoms with van der Waals surface area (Å²) in [5.41, 5.74) is 0.607. The molecule has 0 bridgehead atoms. The molecule has 0 aliphatic carbocycles. The lowest BCUT2D eigenvalue weighted by atomic mass is 9.49. The summed E-state index contributed by atoms with van der Waals surface area (Å²) in [6, 6.07) is 42.1. The van der Waals surface area contributed by atoms with Crippen molar-refractivity contribution in [2.75, 3.05) is 0 Å². The number of fused-ring (bicyclic) bond motifs is 10. The van der Waals surface area contributed by atoms with Crippen molar-refractivity contribution in [3.8, 4) is 0 Å². The Morgan fingerprint density at radius 2 is 0.703 bits per heavy atom. The number of hydrogen-bond donors (Lipinski definition) is 0. The molecule has 0 amide bonds. The van der Waals surface area contributed by atoms with Gasteiger partial charge >= 0.3 is 21.1 Å². The van der Waals surface area contributed by atoms with Crippen LogP contribution in [-0.2, 0) is 27.9 Å². The predicted molar refractivity (Wildman–Crippen MR) is 269 cm³/mol. The van der Waals surface area contributed by atoms with Crippen LogP contribution in [0.25, 0.3) is 64.9 Å². The number of halogens is 1. The monoisotopic (exact) mass is 916 g/mol. The van der Waals surface area contributed by atoms with Gasteiger partial charge in [-0.1, -0.05) is 109 Å². The highest BCUT2D eigenvalue weighted by atomic mass is 79.9. The predicted octanol–water partition coefficient (Wildman–Crippen LogP) is 12.4. The van der Waals surface area contributed by atoms with Crippen molar-refractivity contribution in [2.24, 2.45) is 0 Å². The smallest absolute Gasteiger partial charge is 0.405 e. The lowest BCUT2D eigenvalue weighted by Gasteiger charge is -2.32. The second-order valence-electron chi connectivity index (χ2n) is 20.2. The van der Waals surface area contributed by atoms with E-state index in [9.17, 15) is 0 Å². The number of rotatable bonds is 2. The van der Waals surface area contributed by atoms with E-state index < -0.39 is 32.3 Å².